The lowest BCUT2D eigenvalue weighted by atomic mass is 9.91. The van der Waals surface area contributed by atoms with Crippen LogP contribution in [0.25, 0.3) is 5.70 Å². The zero-order valence-electron chi connectivity index (χ0n) is 15.9. The molecule has 0 aliphatic carbocycles. The number of nitrogens with one attached hydrogen (secondary N) is 2. The van der Waals surface area contributed by atoms with Crippen LogP contribution in [0.3, 0.4) is 0 Å². The van der Waals surface area contributed by atoms with E-state index in [1.807, 2.05) is 0 Å². The molecule has 0 radical (unpaired) electrons. The van der Waals surface area contributed by atoms with Gasteiger partial charge in [-0.25, -0.2) is 4.79 Å². The van der Waals surface area contributed by atoms with Crippen LogP contribution in [0.2, 0.25) is 5.02 Å². The second-order valence-electron chi connectivity index (χ2n) is 7.03. The first-order valence-corrected chi connectivity index (χ1v) is 9.44. The van der Waals surface area contributed by atoms with Crippen LogP contribution in [0.5, 0.6) is 0 Å². The first-order valence-electron chi connectivity index (χ1n) is 9.06. The van der Waals surface area contributed by atoms with Crippen molar-refractivity contribution in [2.75, 3.05) is 11.9 Å². The fourth-order valence-corrected chi connectivity index (χ4v) is 3.84. The second-order valence-corrected chi connectivity index (χ2v) is 7.47. The standard InChI is InChI=1S/C21H17ClN4O4/c1-11(27)14(17(23)12-5-3-2-4-6-12)10-26-19(29)21(25-20(26)30)15-9-13(22)7-8-16(15)24-18(21)28/h2-9H,10,23H2,1H3,(H,24,28)(H,25,30)/b17-14-. The topological polar surface area (TPSA) is 122 Å². The minimum Gasteiger partial charge on any atom is -0.398 e. The number of halogens is 1. The molecule has 2 aromatic carbocycles. The number of hydrogen-bond acceptors (Lipinski definition) is 5. The van der Waals surface area contributed by atoms with Gasteiger partial charge in [-0.05, 0) is 30.7 Å². The lowest BCUT2D eigenvalue weighted by molar-refractivity contribution is -0.137. The van der Waals surface area contributed by atoms with Crippen LogP contribution in [0.4, 0.5) is 10.5 Å². The first kappa shape index (κ1) is 19.7. The molecule has 1 atom stereocenters. The molecule has 8 nitrogen and oxygen atoms in total. The molecule has 4 N–H and O–H groups in total. The van der Waals surface area contributed by atoms with Crippen LogP contribution in [0.15, 0.2) is 54.1 Å². The summed E-state index contributed by atoms with van der Waals surface area (Å²) in [5.41, 5.74) is 5.71. The number of anilines is 1. The van der Waals surface area contributed by atoms with E-state index < -0.39 is 29.2 Å². The minimum absolute atomic E-state index is 0.0893. The Kier molecular flexibility index (Phi) is 4.58. The molecule has 2 aromatic rings. The van der Waals surface area contributed by atoms with Crippen LogP contribution in [-0.4, -0.2) is 35.1 Å². The average Bonchev–Trinajstić information content (AvgIpc) is 3.14. The zero-order chi connectivity index (χ0) is 21.6. The van der Waals surface area contributed by atoms with Crippen molar-refractivity contribution in [3.05, 3.63) is 70.3 Å². The summed E-state index contributed by atoms with van der Waals surface area (Å²) in [6, 6.07) is 12.5. The molecular weight excluding hydrogens is 408 g/mol. The Bertz CT molecular complexity index is 1140. The van der Waals surface area contributed by atoms with E-state index in [0.29, 0.717) is 16.3 Å². The van der Waals surface area contributed by atoms with Crippen LogP contribution < -0.4 is 16.4 Å². The van der Waals surface area contributed by atoms with Gasteiger partial charge in [0.15, 0.2) is 5.78 Å². The smallest absolute Gasteiger partial charge is 0.326 e. The van der Waals surface area contributed by atoms with E-state index in [1.165, 1.54) is 13.0 Å². The van der Waals surface area contributed by atoms with Crippen molar-refractivity contribution in [1.82, 2.24) is 10.2 Å². The molecule has 2 aliphatic rings. The molecule has 1 saturated heterocycles. The first-order chi connectivity index (χ1) is 14.3. The van der Waals surface area contributed by atoms with Crippen LogP contribution >= 0.6 is 11.6 Å². The van der Waals surface area contributed by atoms with Crippen molar-refractivity contribution in [3.8, 4) is 0 Å². The van der Waals surface area contributed by atoms with Crippen molar-refractivity contribution in [2.45, 2.75) is 12.5 Å². The predicted octanol–water partition coefficient (Wildman–Crippen LogP) is 2.00. The Hall–Kier alpha value is -3.65. The molecular formula is C21H17ClN4O4. The maximum Gasteiger partial charge on any atom is 0.326 e. The minimum atomic E-state index is -1.93. The molecule has 4 rings (SSSR count). The Balaban J connectivity index is 1.75. The number of fused-ring (bicyclic) bond motifs is 2. The largest absolute Gasteiger partial charge is 0.398 e. The summed E-state index contributed by atoms with van der Waals surface area (Å²) in [4.78, 5) is 51.8. The van der Waals surface area contributed by atoms with Gasteiger partial charge in [0.1, 0.15) is 0 Å². The fraction of sp³-hybridized carbons (Fsp3) is 0.143. The molecule has 9 heteroatoms. The molecule has 1 unspecified atom stereocenters. The van der Waals surface area contributed by atoms with E-state index in [2.05, 4.69) is 10.6 Å². The van der Waals surface area contributed by atoms with Crippen LogP contribution in [-0.2, 0) is 19.9 Å². The number of hydrogen-bond donors (Lipinski definition) is 3. The lowest BCUT2D eigenvalue weighted by Crippen LogP contribution is -2.49. The second kappa shape index (κ2) is 7.00. The molecule has 0 aromatic heterocycles. The van der Waals surface area contributed by atoms with Gasteiger partial charge in [0, 0.05) is 27.5 Å². The van der Waals surface area contributed by atoms with Gasteiger partial charge in [-0.3, -0.25) is 19.3 Å². The number of nitrogens with two attached hydrogens (primary N) is 1. The number of Topliss-reactive ketones (excluding diaryl/α,β-unsaturated/α-hetero) is 1. The number of imide groups is 1. The number of urea groups is 1. The summed E-state index contributed by atoms with van der Waals surface area (Å²) < 4.78 is 0. The molecule has 1 fully saturated rings. The summed E-state index contributed by atoms with van der Waals surface area (Å²) in [6.07, 6.45) is 0. The van der Waals surface area contributed by atoms with Gasteiger partial charge in [-0.15, -0.1) is 0 Å². The third-order valence-electron chi connectivity index (χ3n) is 5.23. The average molecular weight is 425 g/mol. The summed E-state index contributed by atoms with van der Waals surface area (Å²) in [7, 11) is 0. The van der Waals surface area contributed by atoms with E-state index in [9.17, 15) is 19.2 Å². The normalized spacial score (nSPS) is 20.7. The molecule has 0 bridgehead atoms. The molecule has 2 heterocycles. The highest BCUT2D eigenvalue weighted by atomic mass is 35.5. The van der Waals surface area contributed by atoms with E-state index in [4.69, 9.17) is 17.3 Å². The van der Waals surface area contributed by atoms with Gasteiger partial charge < -0.3 is 16.4 Å². The van der Waals surface area contributed by atoms with Crippen molar-refractivity contribution >= 4 is 46.6 Å². The van der Waals surface area contributed by atoms with E-state index in [1.54, 1.807) is 42.5 Å². The number of amides is 4. The molecule has 2 aliphatic heterocycles. The van der Waals surface area contributed by atoms with Gasteiger partial charge in [0.05, 0.1) is 6.54 Å². The highest BCUT2D eigenvalue weighted by Gasteiger charge is 2.61. The van der Waals surface area contributed by atoms with Crippen LogP contribution in [0, 0.1) is 0 Å². The Morgan fingerprint density at radius 3 is 2.50 bits per heavy atom. The Labute approximate surface area is 176 Å². The van der Waals surface area contributed by atoms with Crippen molar-refractivity contribution in [3.63, 3.8) is 0 Å². The maximum atomic E-state index is 13.3. The van der Waals surface area contributed by atoms with Gasteiger partial charge in [0.25, 0.3) is 11.8 Å². The molecule has 30 heavy (non-hydrogen) atoms. The molecule has 1 spiro atoms. The summed E-state index contributed by atoms with van der Waals surface area (Å²) in [6.45, 7) is 0.933. The van der Waals surface area contributed by atoms with E-state index >= 15 is 0 Å². The van der Waals surface area contributed by atoms with Crippen molar-refractivity contribution in [1.29, 1.82) is 0 Å². The summed E-state index contributed by atoms with van der Waals surface area (Å²) in [5.74, 6) is -1.88. The number of benzene rings is 2. The van der Waals surface area contributed by atoms with Crippen molar-refractivity contribution in [2.24, 2.45) is 5.73 Å². The van der Waals surface area contributed by atoms with E-state index in [-0.39, 0.29) is 23.4 Å². The fourth-order valence-electron chi connectivity index (χ4n) is 3.67. The van der Waals surface area contributed by atoms with Crippen molar-refractivity contribution < 1.29 is 19.2 Å². The Morgan fingerprint density at radius 1 is 1.13 bits per heavy atom. The third kappa shape index (κ3) is 2.84. The predicted molar refractivity (Wildman–Crippen MR) is 110 cm³/mol. The monoisotopic (exact) mass is 424 g/mol. The number of carbonyl (C=O) groups excluding carboxylic acids is 4. The zero-order valence-corrected chi connectivity index (χ0v) is 16.6. The number of rotatable bonds is 4. The van der Waals surface area contributed by atoms with Crippen LogP contribution in [0.1, 0.15) is 18.1 Å². The highest BCUT2D eigenvalue weighted by Crippen LogP contribution is 2.41. The van der Waals surface area contributed by atoms with Gasteiger partial charge in [-0.2, -0.15) is 0 Å². The number of nitrogens with zero attached hydrogens (tertiary/aromatic N) is 1. The summed E-state index contributed by atoms with van der Waals surface area (Å²) >= 11 is 6.04. The van der Waals surface area contributed by atoms with E-state index in [0.717, 1.165) is 4.90 Å². The Morgan fingerprint density at radius 2 is 1.83 bits per heavy atom. The van der Waals surface area contributed by atoms with Gasteiger partial charge in [-0.1, -0.05) is 41.9 Å². The molecule has 0 saturated carbocycles. The lowest BCUT2D eigenvalue weighted by Gasteiger charge is -2.20. The summed E-state index contributed by atoms with van der Waals surface area (Å²) in [5, 5.41) is 5.38. The molecule has 4 amide bonds. The quantitative estimate of drug-likeness (QED) is 0.393. The number of ketones is 1. The highest BCUT2D eigenvalue weighted by molar-refractivity contribution is 6.32. The molecule has 152 valence electrons. The SMILES string of the molecule is CC(=O)/C(CN1C(=O)NC2(C(=O)Nc3ccc(Cl)cc32)C1=O)=C(\N)c1ccccc1. The van der Waals surface area contributed by atoms with Gasteiger partial charge in [0.2, 0.25) is 5.54 Å². The third-order valence-corrected chi connectivity index (χ3v) is 5.47. The van der Waals surface area contributed by atoms with Gasteiger partial charge >= 0.3 is 6.03 Å². The number of carbonyl (C=O) groups is 4. The maximum absolute atomic E-state index is 13.3.